The van der Waals surface area contributed by atoms with Crippen LogP contribution in [0.5, 0.6) is 0 Å². The van der Waals surface area contributed by atoms with Gasteiger partial charge < -0.3 is 24.7 Å². The number of alkyl carbamates (subject to hydrolysis) is 2. The molecule has 0 unspecified atom stereocenters. The highest BCUT2D eigenvalue weighted by Gasteiger charge is 2.26. The van der Waals surface area contributed by atoms with Gasteiger partial charge in [0, 0.05) is 69.5 Å². The van der Waals surface area contributed by atoms with Crippen LogP contribution in [-0.4, -0.2) is 110 Å². The average Bonchev–Trinajstić information content (AvgIpc) is 3.75. The van der Waals surface area contributed by atoms with E-state index in [1.54, 1.807) is 96.6 Å². The number of alkyl halides is 1. The molecule has 6 rings (SSSR count). The minimum Gasteiger partial charge on any atom is -0.444 e. The Kier molecular flexibility index (Phi) is 20.4. The molecule has 5 aromatic rings. The van der Waals surface area contributed by atoms with Crippen LogP contribution < -0.4 is 10.6 Å². The van der Waals surface area contributed by atoms with E-state index in [0.29, 0.717) is 16.0 Å². The minimum absolute atomic E-state index is 0.0202. The molecule has 1 aliphatic rings. The van der Waals surface area contributed by atoms with Gasteiger partial charge in [0.1, 0.15) is 22.9 Å². The number of rotatable bonds is 13. The smallest absolute Gasteiger partial charge is 0.407 e. The fourth-order valence-corrected chi connectivity index (χ4v) is 9.45. The predicted molar refractivity (Wildman–Crippen MR) is 288 cm³/mol. The predicted octanol–water partition coefficient (Wildman–Crippen LogP) is 10.7. The number of aryl methyl sites for hydroxylation is 2. The quantitative estimate of drug-likeness (QED) is 0.108. The van der Waals surface area contributed by atoms with Crippen molar-refractivity contribution < 1.29 is 44.7 Å². The number of carbonyl (C=O) groups excluding carboxylic acids is 2. The van der Waals surface area contributed by atoms with E-state index >= 15 is 0 Å². The number of halogens is 3. The van der Waals surface area contributed by atoms with Gasteiger partial charge in [-0.05, 0) is 147 Å². The lowest BCUT2D eigenvalue weighted by molar-refractivity contribution is 0.0522. The molecule has 0 radical (unpaired) electrons. The molecular formula is C53H68BrF2N7O8S2. The van der Waals surface area contributed by atoms with E-state index in [1.807, 2.05) is 51.1 Å². The number of amides is 2. The summed E-state index contributed by atoms with van der Waals surface area (Å²) in [6.07, 6.45) is 2.27. The first kappa shape index (κ1) is 59.8. The monoisotopic (exact) mass is 1110 g/mol. The van der Waals surface area contributed by atoms with Gasteiger partial charge in [-0.15, -0.1) is 0 Å². The van der Waals surface area contributed by atoms with Crippen molar-refractivity contribution >= 4 is 64.8 Å². The number of allylic oxidation sites excluding steroid dienone is 3. The molecule has 3 heterocycles. The van der Waals surface area contributed by atoms with Gasteiger partial charge in [-0.1, -0.05) is 51.8 Å². The summed E-state index contributed by atoms with van der Waals surface area (Å²) in [4.78, 5) is 32.7. The van der Waals surface area contributed by atoms with Crippen LogP contribution in [0.3, 0.4) is 0 Å². The van der Waals surface area contributed by atoms with Crippen LogP contribution in [0.1, 0.15) is 82.4 Å². The van der Waals surface area contributed by atoms with Gasteiger partial charge in [-0.2, -0.15) is 0 Å². The Balaban J connectivity index is 0.000000266. The molecule has 1 aliphatic carbocycles. The van der Waals surface area contributed by atoms with Crippen molar-refractivity contribution in [2.75, 3.05) is 46.6 Å². The first-order chi connectivity index (χ1) is 33.9. The number of hydrogen-bond donors (Lipinski definition) is 2. The zero-order valence-electron chi connectivity index (χ0n) is 44.1. The summed E-state index contributed by atoms with van der Waals surface area (Å²) < 4.78 is 91.9. The minimum atomic E-state index is -3.63. The van der Waals surface area contributed by atoms with Crippen LogP contribution in [-0.2, 0) is 42.5 Å². The lowest BCUT2D eigenvalue weighted by Gasteiger charge is -2.19. The summed E-state index contributed by atoms with van der Waals surface area (Å²) in [5.41, 5.74) is 9.47. The van der Waals surface area contributed by atoms with Crippen LogP contribution in [0.25, 0.3) is 27.7 Å². The maximum atomic E-state index is 14.9. The summed E-state index contributed by atoms with van der Waals surface area (Å²) in [6.45, 7) is 18.4. The zero-order chi connectivity index (χ0) is 54.8. The van der Waals surface area contributed by atoms with Gasteiger partial charge in [0.05, 0.1) is 38.4 Å². The van der Waals surface area contributed by atoms with E-state index in [9.17, 15) is 35.2 Å². The number of carbonyl (C=O) groups is 2. The summed E-state index contributed by atoms with van der Waals surface area (Å²) >= 11 is 2.94. The molecule has 0 saturated carbocycles. The number of fused-ring (bicyclic) bond motifs is 2. The van der Waals surface area contributed by atoms with Crippen LogP contribution in [0.15, 0.2) is 112 Å². The second-order valence-corrected chi connectivity index (χ2v) is 24.4. The Morgan fingerprint density at radius 3 is 1.70 bits per heavy atom. The normalized spacial score (nSPS) is 13.3. The van der Waals surface area contributed by atoms with Crippen LogP contribution >= 0.6 is 15.9 Å². The molecule has 0 atom stereocenters. The molecule has 0 bridgehead atoms. The van der Waals surface area contributed by atoms with E-state index in [2.05, 4.69) is 44.5 Å². The van der Waals surface area contributed by atoms with E-state index < -0.39 is 49.3 Å². The summed E-state index contributed by atoms with van der Waals surface area (Å²) in [7, 11) is -1.02. The molecule has 2 aromatic carbocycles. The summed E-state index contributed by atoms with van der Waals surface area (Å²) in [5, 5.41) is 5.08. The highest BCUT2D eigenvalue weighted by atomic mass is 79.9. The molecule has 2 amide bonds. The number of pyridine rings is 2. The lowest BCUT2D eigenvalue weighted by Crippen LogP contribution is -2.32. The van der Waals surface area contributed by atoms with Crippen molar-refractivity contribution in [2.24, 2.45) is 0 Å². The first-order valence-electron chi connectivity index (χ1n) is 23.2. The Bertz CT molecular complexity index is 3140. The molecular weight excluding hydrogens is 1040 g/mol. The maximum Gasteiger partial charge on any atom is 0.407 e. The summed E-state index contributed by atoms with van der Waals surface area (Å²) in [6, 6.07) is 21.6. The topological polar surface area (TPSA) is 182 Å². The van der Waals surface area contributed by atoms with Gasteiger partial charge in [0.2, 0.25) is 20.0 Å². The van der Waals surface area contributed by atoms with Gasteiger partial charge in [-0.3, -0.25) is 9.97 Å². The summed E-state index contributed by atoms with van der Waals surface area (Å²) in [5.74, 6) is -0.761. The molecule has 20 heteroatoms. The lowest BCUT2D eigenvalue weighted by atomic mass is 10.0. The number of ether oxygens (including phenoxy) is 2. The third-order valence-electron chi connectivity index (χ3n) is 10.7. The fourth-order valence-electron chi connectivity index (χ4n) is 7.33. The Morgan fingerprint density at radius 1 is 0.712 bits per heavy atom. The molecule has 73 heavy (non-hydrogen) atoms. The van der Waals surface area contributed by atoms with Crippen LogP contribution in [0.2, 0.25) is 0 Å². The molecule has 396 valence electrons. The first-order valence-corrected chi connectivity index (χ1v) is 27.2. The second-order valence-electron chi connectivity index (χ2n) is 19.5. The van der Waals surface area contributed by atoms with E-state index in [0.717, 1.165) is 55.7 Å². The number of aromatic nitrogens is 3. The average molecular weight is 1110 g/mol. The van der Waals surface area contributed by atoms with E-state index in [1.165, 1.54) is 41.7 Å². The van der Waals surface area contributed by atoms with Crippen molar-refractivity contribution in [1.82, 2.24) is 33.8 Å². The number of benzene rings is 2. The molecule has 3 aromatic heterocycles. The Hall–Kier alpha value is -5.80. The number of nitrogens with zero attached hydrogens (tertiary/aromatic N) is 5. The van der Waals surface area contributed by atoms with Crippen molar-refractivity contribution in [3.8, 4) is 11.1 Å². The number of sulfonamides is 2. The highest BCUT2D eigenvalue weighted by Crippen LogP contribution is 2.38. The van der Waals surface area contributed by atoms with Crippen LogP contribution in [0.4, 0.5) is 18.4 Å². The van der Waals surface area contributed by atoms with Gasteiger partial charge >= 0.3 is 12.2 Å². The van der Waals surface area contributed by atoms with Gasteiger partial charge in [0.15, 0.2) is 0 Å². The molecule has 0 fully saturated rings. The largest absolute Gasteiger partial charge is 0.444 e. The van der Waals surface area contributed by atoms with Crippen molar-refractivity contribution in [3.05, 3.63) is 136 Å². The molecule has 0 spiro atoms. The Labute approximate surface area is 438 Å². The molecule has 0 aliphatic heterocycles. The zero-order valence-corrected chi connectivity index (χ0v) is 47.3. The number of nitrogens with one attached hydrogen (secondary N) is 2. The van der Waals surface area contributed by atoms with Crippen LogP contribution in [0, 0.1) is 20.8 Å². The molecule has 2 N–H and O–H groups in total. The fraction of sp³-hybridized carbons (Fsp3) is 0.396. The Morgan fingerprint density at radius 2 is 1.19 bits per heavy atom. The standard InChI is InChI=1S/C26H33FN4O4S.C18H20N2O2S.C9H15BrFNO2/c1-17-11-12-22-24(29-17)23(19-9-8-10-21(15-19)36(33,34)30(6)7)18(2)31(22)16-20(27)13-14-28-25(32)35-26(3,4)5;1-12-10-15-9-8-13(2)19-18(15)17(12)14-6-5-7-16(11-14)23(21,22)20(3)4;1-9(2,3)14-8(13)12-5-4-7(11)6-10/h8-13,15H,14,16H2,1-7H3,(H,28,32);5-9,11H,10H2,1-4H3;4H,5-6H2,1-3H3,(H,12,13)/b20-13-;;7-4-. The maximum absolute atomic E-state index is 14.9. The molecule has 0 saturated heterocycles. The second kappa shape index (κ2) is 25.0. The van der Waals surface area contributed by atoms with Gasteiger partial charge in [0.25, 0.3) is 0 Å². The van der Waals surface area contributed by atoms with Crippen molar-refractivity contribution in [2.45, 2.75) is 103 Å². The van der Waals surface area contributed by atoms with Crippen molar-refractivity contribution in [3.63, 3.8) is 0 Å². The van der Waals surface area contributed by atoms with Gasteiger partial charge in [-0.25, -0.2) is 43.8 Å². The van der Waals surface area contributed by atoms with E-state index in [-0.39, 0.29) is 35.7 Å². The third-order valence-corrected chi connectivity index (χ3v) is 14.9. The molecule has 15 nitrogen and oxygen atoms in total. The number of hydrogen-bond acceptors (Lipinski definition) is 10. The third kappa shape index (κ3) is 16.6. The highest BCUT2D eigenvalue weighted by molar-refractivity contribution is 9.09. The SMILES string of the molecule is CC(C)(C)OC(=O)NC/C=C(\F)CBr.CC1=C(c2cccc(S(=O)(=O)N(C)C)c2)c2nc(C)ccc2C1.Cc1ccc2c(n1)c(-c1cccc(S(=O)(=O)N(C)C)c1)c(C)n2C/C(F)=C/CNC(=O)OC(C)(C)C. The van der Waals surface area contributed by atoms with E-state index in [4.69, 9.17) is 14.5 Å². The van der Waals surface area contributed by atoms with Crippen molar-refractivity contribution in [1.29, 1.82) is 0 Å².